The highest BCUT2D eigenvalue weighted by molar-refractivity contribution is 7.99. The molecule has 1 N–H and O–H groups in total. The number of H-pyrrole nitrogens is 1. The Labute approximate surface area is 159 Å². The van der Waals surface area contributed by atoms with Crippen molar-refractivity contribution in [2.24, 2.45) is 0 Å². The molecule has 0 aliphatic carbocycles. The lowest BCUT2D eigenvalue weighted by Crippen LogP contribution is -2.24. The lowest BCUT2D eigenvalue weighted by Gasteiger charge is -2.24. The van der Waals surface area contributed by atoms with Gasteiger partial charge in [0.05, 0.1) is 23.5 Å². The zero-order valence-electron chi connectivity index (χ0n) is 14.4. The van der Waals surface area contributed by atoms with E-state index < -0.39 is 11.7 Å². The van der Waals surface area contributed by atoms with Gasteiger partial charge in [0.2, 0.25) is 0 Å². The van der Waals surface area contributed by atoms with Crippen LogP contribution < -0.4 is 4.90 Å². The molecule has 3 nitrogen and oxygen atoms in total. The number of thioether (sulfide) groups is 1. The third-order valence-corrected chi connectivity index (χ3v) is 6.04. The highest BCUT2D eigenvalue weighted by Gasteiger charge is 2.36. The van der Waals surface area contributed by atoms with Crippen LogP contribution >= 0.6 is 11.8 Å². The molecule has 0 radical (unpaired) electrons. The van der Waals surface area contributed by atoms with Crippen LogP contribution in [0.1, 0.15) is 28.5 Å². The van der Waals surface area contributed by atoms with Crippen molar-refractivity contribution in [3.63, 3.8) is 0 Å². The van der Waals surface area contributed by atoms with Gasteiger partial charge in [0, 0.05) is 22.9 Å². The Kier molecular flexibility index (Phi) is 4.86. The molecule has 140 valence electrons. The number of halogens is 3. The molecule has 0 saturated carbocycles. The van der Waals surface area contributed by atoms with Crippen LogP contribution in [0.4, 0.5) is 18.9 Å². The van der Waals surface area contributed by atoms with Gasteiger partial charge in [-0.15, -0.1) is 11.8 Å². The Morgan fingerprint density at radius 2 is 1.85 bits per heavy atom. The molecule has 1 aliphatic heterocycles. The highest BCUT2D eigenvalue weighted by atomic mass is 32.2. The lowest BCUT2D eigenvalue weighted by atomic mass is 10.0. The summed E-state index contributed by atoms with van der Waals surface area (Å²) in [6.45, 7) is 1.31. The van der Waals surface area contributed by atoms with Crippen molar-refractivity contribution in [2.75, 3.05) is 11.4 Å². The Morgan fingerprint density at radius 1 is 1.07 bits per heavy atom. The van der Waals surface area contributed by atoms with Crippen LogP contribution in [0.2, 0.25) is 0 Å². The SMILES string of the molecule is FC(F)(F)c1ccccc1C1CCN(Cc2ccn[nH]2)c2ccccc2S1. The van der Waals surface area contributed by atoms with Gasteiger partial charge in [-0.05, 0) is 36.2 Å². The summed E-state index contributed by atoms with van der Waals surface area (Å²) in [5.41, 5.74) is 1.84. The van der Waals surface area contributed by atoms with Gasteiger partial charge < -0.3 is 4.90 Å². The van der Waals surface area contributed by atoms with Crippen molar-refractivity contribution in [2.45, 2.75) is 29.3 Å². The zero-order valence-corrected chi connectivity index (χ0v) is 15.2. The van der Waals surface area contributed by atoms with E-state index in [4.69, 9.17) is 0 Å². The predicted molar refractivity (Wildman–Crippen MR) is 101 cm³/mol. The first-order valence-electron chi connectivity index (χ1n) is 8.67. The Hall–Kier alpha value is -2.41. The summed E-state index contributed by atoms with van der Waals surface area (Å²) in [4.78, 5) is 3.20. The third kappa shape index (κ3) is 3.83. The van der Waals surface area contributed by atoms with Crippen LogP contribution in [0.5, 0.6) is 0 Å². The van der Waals surface area contributed by atoms with E-state index in [-0.39, 0.29) is 5.25 Å². The largest absolute Gasteiger partial charge is 0.416 e. The molecule has 2 heterocycles. The Balaban J connectivity index is 1.68. The molecule has 7 heteroatoms. The van der Waals surface area contributed by atoms with Crippen molar-refractivity contribution in [1.29, 1.82) is 0 Å². The molecule has 0 bridgehead atoms. The van der Waals surface area contributed by atoms with Gasteiger partial charge in [-0.25, -0.2) is 0 Å². The van der Waals surface area contributed by atoms with Crippen LogP contribution in [0, 0.1) is 0 Å². The minimum Gasteiger partial charge on any atom is -0.365 e. The molecule has 0 amide bonds. The first-order chi connectivity index (χ1) is 13.0. The summed E-state index contributed by atoms with van der Waals surface area (Å²) >= 11 is 1.51. The van der Waals surface area contributed by atoms with Crippen LogP contribution in [0.3, 0.4) is 0 Å². The molecular formula is C20H18F3N3S. The van der Waals surface area contributed by atoms with Crippen LogP contribution in [0.25, 0.3) is 0 Å². The van der Waals surface area contributed by atoms with Gasteiger partial charge >= 0.3 is 6.18 Å². The third-order valence-electron chi connectivity index (χ3n) is 4.67. The van der Waals surface area contributed by atoms with Crippen molar-refractivity contribution in [3.8, 4) is 0 Å². The number of fused-ring (bicyclic) bond motifs is 1. The fourth-order valence-corrected chi connectivity index (χ4v) is 4.76. The number of hydrogen-bond acceptors (Lipinski definition) is 3. The van der Waals surface area contributed by atoms with Crippen molar-refractivity contribution < 1.29 is 13.2 Å². The summed E-state index contributed by atoms with van der Waals surface area (Å²) < 4.78 is 40.5. The summed E-state index contributed by atoms with van der Waals surface area (Å²) in [6, 6.07) is 15.7. The molecule has 0 spiro atoms. The van der Waals surface area contributed by atoms with E-state index >= 15 is 0 Å². The smallest absolute Gasteiger partial charge is 0.365 e. The quantitative estimate of drug-likeness (QED) is 0.626. The summed E-state index contributed by atoms with van der Waals surface area (Å²) in [5, 5.41) is 6.69. The zero-order chi connectivity index (χ0) is 18.9. The number of rotatable bonds is 3. The standard InChI is InChI=1S/C20H18F3N3S/c21-20(22,23)16-6-2-1-5-15(16)18-10-12-26(13-14-9-11-24-25-14)17-7-3-4-8-19(17)27-18/h1-9,11,18H,10,12-13H2,(H,24,25). The maximum atomic E-state index is 13.5. The lowest BCUT2D eigenvalue weighted by molar-refractivity contribution is -0.138. The number of hydrogen-bond donors (Lipinski definition) is 1. The van der Waals surface area contributed by atoms with Gasteiger partial charge in [0.25, 0.3) is 0 Å². The van der Waals surface area contributed by atoms with E-state index in [0.29, 0.717) is 25.1 Å². The average Bonchev–Trinajstić information content (AvgIpc) is 3.10. The second-order valence-electron chi connectivity index (χ2n) is 6.45. The second-order valence-corrected chi connectivity index (χ2v) is 7.70. The highest BCUT2D eigenvalue weighted by Crippen LogP contribution is 2.48. The van der Waals surface area contributed by atoms with E-state index in [1.54, 1.807) is 18.3 Å². The molecule has 1 aliphatic rings. The summed E-state index contributed by atoms with van der Waals surface area (Å²) in [6.07, 6.45) is -2.02. The van der Waals surface area contributed by atoms with Crippen molar-refractivity contribution in [3.05, 3.63) is 77.6 Å². The molecule has 1 unspecified atom stereocenters. The van der Waals surface area contributed by atoms with Gasteiger partial charge in [0.1, 0.15) is 0 Å². The molecular weight excluding hydrogens is 371 g/mol. The molecule has 0 saturated heterocycles. The van der Waals surface area contributed by atoms with Gasteiger partial charge in [-0.3, -0.25) is 5.10 Å². The first kappa shape index (κ1) is 18.0. The fraction of sp³-hybridized carbons (Fsp3) is 0.250. The number of nitrogens with zero attached hydrogens (tertiary/aromatic N) is 2. The monoisotopic (exact) mass is 389 g/mol. The van der Waals surface area contributed by atoms with Crippen LogP contribution in [-0.2, 0) is 12.7 Å². The van der Waals surface area contributed by atoms with Gasteiger partial charge in [0.15, 0.2) is 0 Å². The summed E-state index contributed by atoms with van der Waals surface area (Å²) in [7, 11) is 0. The van der Waals surface area contributed by atoms with E-state index in [9.17, 15) is 13.2 Å². The van der Waals surface area contributed by atoms with E-state index in [1.807, 2.05) is 30.3 Å². The van der Waals surface area contributed by atoms with Crippen LogP contribution in [0.15, 0.2) is 65.7 Å². The minimum atomic E-state index is -4.35. The number of aromatic nitrogens is 2. The number of para-hydroxylation sites is 1. The number of alkyl halides is 3. The first-order valence-corrected chi connectivity index (χ1v) is 9.55. The number of benzene rings is 2. The Bertz CT molecular complexity index is 909. The normalized spacial score (nSPS) is 17.4. The molecule has 1 atom stereocenters. The summed E-state index contributed by atoms with van der Waals surface area (Å²) in [5.74, 6) is 0. The molecule has 1 aromatic heterocycles. The average molecular weight is 389 g/mol. The van der Waals surface area contributed by atoms with Crippen molar-refractivity contribution >= 4 is 17.4 Å². The molecule has 27 heavy (non-hydrogen) atoms. The van der Waals surface area contributed by atoms with Gasteiger partial charge in [-0.2, -0.15) is 18.3 Å². The van der Waals surface area contributed by atoms with E-state index in [0.717, 1.165) is 16.3 Å². The number of nitrogens with one attached hydrogen (secondary N) is 1. The van der Waals surface area contributed by atoms with Crippen molar-refractivity contribution in [1.82, 2.24) is 10.2 Å². The molecule has 2 aromatic carbocycles. The maximum Gasteiger partial charge on any atom is 0.416 e. The number of aromatic amines is 1. The molecule has 4 rings (SSSR count). The minimum absolute atomic E-state index is 0.254. The fourth-order valence-electron chi connectivity index (χ4n) is 3.42. The Morgan fingerprint density at radius 3 is 2.63 bits per heavy atom. The number of anilines is 1. The van der Waals surface area contributed by atoms with Crippen LogP contribution in [-0.4, -0.2) is 16.7 Å². The van der Waals surface area contributed by atoms with E-state index in [2.05, 4.69) is 15.1 Å². The van der Waals surface area contributed by atoms with E-state index in [1.165, 1.54) is 23.9 Å². The maximum absolute atomic E-state index is 13.5. The molecule has 3 aromatic rings. The molecule has 0 fully saturated rings. The van der Waals surface area contributed by atoms with Gasteiger partial charge in [-0.1, -0.05) is 30.3 Å². The second kappa shape index (κ2) is 7.31. The topological polar surface area (TPSA) is 31.9 Å². The predicted octanol–water partition coefficient (Wildman–Crippen LogP) is 5.67.